The minimum Gasteiger partial charge on any atom is -0.322 e. The van der Waals surface area contributed by atoms with Crippen molar-refractivity contribution in [3.8, 4) is 0 Å². The first-order valence-corrected chi connectivity index (χ1v) is 6.99. The summed E-state index contributed by atoms with van der Waals surface area (Å²) in [5.74, 6) is 0. The van der Waals surface area contributed by atoms with Gasteiger partial charge < -0.3 is 5.73 Å². The molecule has 0 aliphatic carbocycles. The number of hydrogen-bond acceptors (Lipinski definition) is 1. The zero-order valence-electron chi connectivity index (χ0n) is 11.0. The molecule has 0 bridgehead atoms. The van der Waals surface area contributed by atoms with Crippen molar-refractivity contribution in [3.63, 3.8) is 0 Å². The molecule has 0 radical (unpaired) electrons. The minimum absolute atomic E-state index is 0.253. The highest BCUT2D eigenvalue weighted by Crippen LogP contribution is 2.26. The number of unbranched alkanes of at least 4 members (excludes halogenated alkanes) is 4. The second-order valence-electron chi connectivity index (χ2n) is 5.09. The van der Waals surface area contributed by atoms with Gasteiger partial charge >= 0.3 is 0 Å². The van der Waals surface area contributed by atoms with Crippen molar-refractivity contribution >= 4 is 11.6 Å². The third kappa shape index (κ3) is 5.10. The Hall–Kier alpha value is -0.530. The van der Waals surface area contributed by atoms with Gasteiger partial charge in [0.25, 0.3) is 0 Å². The Morgan fingerprint density at radius 1 is 1.18 bits per heavy atom. The van der Waals surface area contributed by atoms with E-state index >= 15 is 0 Å². The molecule has 0 aromatic heterocycles. The van der Waals surface area contributed by atoms with E-state index in [1.807, 2.05) is 18.2 Å². The maximum Gasteiger partial charge on any atom is 0.0409 e. The van der Waals surface area contributed by atoms with Crippen molar-refractivity contribution < 1.29 is 0 Å². The molecule has 1 aromatic rings. The van der Waals surface area contributed by atoms with Gasteiger partial charge in [0.2, 0.25) is 0 Å². The van der Waals surface area contributed by atoms with Crippen molar-refractivity contribution in [2.24, 2.45) is 5.73 Å². The van der Waals surface area contributed by atoms with E-state index < -0.39 is 0 Å². The first kappa shape index (κ1) is 14.5. The number of halogens is 1. The summed E-state index contributed by atoms with van der Waals surface area (Å²) < 4.78 is 0. The van der Waals surface area contributed by atoms with Crippen LogP contribution in [0.2, 0.25) is 5.02 Å². The van der Waals surface area contributed by atoms with Crippen molar-refractivity contribution in [3.05, 3.63) is 34.9 Å². The highest BCUT2D eigenvalue weighted by molar-refractivity contribution is 6.30. The van der Waals surface area contributed by atoms with E-state index in [0.29, 0.717) is 0 Å². The summed E-state index contributed by atoms with van der Waals surface area (Å²) in [6.07, 6.45) is 7.44. The highest BCUT2D eigenvalue weighted by Gasteiger charge is 2.20. The van der Waals surface area contributed by atoms with Gasteiger partial charge in [0, 0.05) is 10.6 Å². The van der Waals surface area contributed by atoms with Crippen molar-refractivity contribution in [1.82, 2.24) is 0 Å². The smallest absolute Gasteiger partial charge is 0.0409 e. The van der Waals surface area contributed by atoms with Gasteiger partial charge in [-0.3, -0.25) is 0 Å². The van der Waals surface area contributed by atoms with E-state index in [1.165, 1.54) is 32.1 Å². The molecule has 0 heterocycles. The summed E-state index contributed by atoms with van der Waals surface area (Å²) in [6, 6.07) is 7.91. The molecule has 96 valence electrons. The molecule has 0 spiro atoms. The molecule has 1 atom stereocenters. The van der Waals surface area contributed by atoms with Crippen molar-refractivity contribution in [1.29, 1.82) is 0 Å². The Morgan fingerprint density at radius 3 is 2.53 bits per heavy atom. The number of hydrogen-bond donors (Lipinski definition) is 1. The van der Waals surface area contributed by atoms with Crippen LogP contribution in [0.1, 0.15) is 57.9 Å². The average Bonchev–Trinajstić information content (AvgIpc) is 2.29. The maximum atomic E-state index is 6.36. The molecule has 0 fully saturated rings. The van der Waals surface area contributed by atoms with Crippen LogP contribution in [0.3, 0.4) is 0 Å². The molecule has 1 unspecified atom stereocenters. The SMILES string of the molecule is CCCCCCCC(C)(N)c1cccc(Cl)c1. The lowest BCUT2D eigenvalue weighted by molar-refractivity contribution is 0.422. The first-order valence-electron chi connectivity index (χ1n) is 6.61. The molecule has 0 aliphatic heterocycles. The molecule has 2 heteroatoms. The van der Waals surface area contributed by atoms with Crippen LogP contribution in [-0.4, -0.2) is 0 Å². The minimum atomic E-state index is -0.253. The Kier molecular flexibility index (Phi) is 6.01. The van der Waals surface area contributed by atoms with Gasteiger partial charge in [-0.15, -0.1) is 0 Å². The predicted molar refractivity (Wildman–Crippen MR) is 76.4 cm³/mol. The number of benzene rings is 1. The summed E-state index contributed by atoms with van der Waals surface area (Å²) in [7, 11) is 0. The quantitative estimate of drug-likeness (QED) is 0.689. The molecular weight excluding hydrogens is 230 g/mol. The molecule has 1 rings (SSSR count). The summed E-state index contributed by atoms with van der Waals surface area (Å²) in [5.41, 5.74) is 7.25. The van der Waals surface area contributed by atoms with Crippen molar-refractivity contribution in [2.75, 3.05) is 0 Å². The Labute approximate surface area is 110 Å². The Bertz CT molecular complexity index is 333. The van der Waals surface area contributed by atoms with Gasteiger partial charge in [-0.1, -0.05) is 62.8 Å². The third-order valence-corrected chi connectivity index (χ3v) is 3.52. The fraction of sp³-hybridized carbons (Fsp3) is 0.600. The normalized spacial score (nSPS) is 14.6. The van der Waals surface area contributed by atoms with Gasteiger partial charge in [-0.25, -0.2) is 0 Å². The molecule has 0 saturated heterocycles. The van der Waals surface area contributed by atoms with E-state index in [1.54, 1.807) is 0 Å². The highest BCUT2D eigenvalue weighted by atomic mass is 35.5. The molecular formula is C15H24ClN. The molecule has 0 saturated carbocycles. The monoisotopic (exact) mass is 253 g/mol. The fourth-order valence-corrected chi connectivity index (χ4v) is 2.27. The zero-order valence-corrected chi connectivity index (χ0v) is 11.8. The average molecular weight is 254 g/mol. The lowest BCUT2D eigenvalue weighted by atomic mass is 9.87. The largest absolute Gasteiger partial charge is 0.322 e. The molecule has 0 aliphatic rings. The maximum absolute atomic E-state index is 6.36. The fourth-order valence-electron chi connectivity index (χ4n) is 2.08. The molecule has 0 amide bonds. The molecule has 2 N–H and O–H groups in total. The second-order valence-corrected chi connectivity index (χ2v) is 5.53. The van der Waals surface area contributed by atoms with Crippen molar-refractivity contribution in [2.45, 2.75) is 57.9 Å². The van der Waals surface area contributed by atoms with Crippen LogP contribution in [0.5, 0.6) is 0 Å². The first-order chi connectivity index (χ1) is 8.06. The Morgan fingerprint density at radius 2 is 1.88 bits per heavy atom. The van der Waals surface area contributed by atoms with Crippen LogP contribution >= 0.6 is 11.6 Å². The van der Waals surface area contributed by atoms with E-state index in [-0.39, 0.29) is 5.54 Å². The lowest BCUT2D eigenvalue weighted by Gasteiger charge is -2.25. The zero-order chi connectivity index (χ0) is 12.7. The molecule has 1 aromatic carbocycles. The molecule has 17 heavy (non-hydrogen) atoms. The number of rotatable bonds is 7. The van der Waals surface area contributed by atoms with Crippen LogP contribution in [0.15, 0.2) is 24.3 Å². The molecule has 1 nitrogen and oxygen atoms in total. The third-order valence-electron chi connectivity index (χ3n) is 3.28. The summed E-state index contributed by atoms with van der Waals surface area (Å²) in [4.78, 5) is 0. The van der Waals surface area contributed by atoms with Gasteiger partial charge in [0.1, 0.15) is 0 Å². The number of nitrogens with two attached hydrogens (primary N) is 1. The summed E-state index contributed by atoms with van der Waals surface area (Å²) in [5, 5.41) is 0.769. The van der Waals surface area contributed by atoms with E-state index in [0.717, 1.165) is 17.0 Å². The van der Waals surface area contributed by atoms with Crippen LogP contribution in [0.4, 0.5) is 0 Å². The van der Waals surface area contributed by atoms with Crippen LogP contribution in [-0.2, 0) is 5.54 Å². The second kappa shape index (κ2) is 7.03. The topological polar surface area (TPSA) is 26.0 Å². The van der Waals surface area contributed by atoms with Gasteiger partial charge in [0.05, 0.1) is 0 Å². The Balaban J connectivity index is 2.45. The van der Waals surface area contributed by atoms with E-state index in [9.17, 15) is 0 Å². The van der Waals surface area contributed by atoms with Crippen LogP contribution in [0.25, 0.3) is 0 Å². The van der Waals surface area contributed by atoms with Gasteiger partial charge in [0.15, 0.2) is 0 Å². The summed E-state index contributed by atoms with van der Waals surface area (Å²) >= 11 is 6.00. The van der Waals surface area contributed by atoms with Crippen LogP contribution < -0.4 is 5.73 Å². The lowest BCUT2D eigenvalue weighted by Crippen LogP contribution is -2.32. The van der Waals surface area contributed by atoms with E-state index in [4.69, 9.17) is 17.3 Å². The standard InChI is InChI=1S/C15H24ClN/c1-3-4-5-6-7-11-15(2,17)13-9-8-10-14(16)12-13/h8-10,12H,3-7,11,17H2,1-2H3. The van der Waals surface area contributed by atoms with Gasteiger partial charge in [-0.2, -0.15) is 0 Å². The van der Waals surface area contributed by atoms with E-state index in [2.05, 4.69) is 19.9 Å². The van der Waals surface area contributed by atoms with Gasteiger partial charge in [-0.05, 0) is 31.0 Å². The predicted octanol–water partition coefficient (Wildman–Crippen LogP) is 4.87. The summed E-state index contributed by atoms with van der Waals surface area (Å²) in [6.45, 7) is 4.33. The van der Waals surface area contributed by atoms with Crippen LogP contribution in [0, 0.1) is 0 Å².